The van der Waals surface area contributed by atoms with Gasteiger partial charge in [0.15, 0.2) is 0 Å². The van der Waals surface area contributed by atoms with Crippen LogP contribution in [-0.4, -0.2) is 37.0 Å². The summed E-state index contributed by atoms with van der Waals surface area (Å²) in [6.07, 6.45) is 1.70. The molecule has 0 atom stereocenters. The number of likely N-dealkylation sites (tertiary alicyclic amines) is 1. The fraction of sp³-hybridized carbons (Fsp3) is 0.304. The van der Waals surface area contributed by atoms with Gasteiger partial charge in [-0.2, -0.15) is 0 Å². The second kappa shape index (κ2) is 8.49. The Balaban J connectivity index is 1.34. The number of hydrogen-bond acceptors (Lipinski definition) is 5. The summed E-state index contributed by atoms with van der Waals surface area (Å²) in [5, 5.41) is 3.74. The second-order valence-corrected chi connectivity index (χ2v) is 7.36. The molecule has 1 aromatic heterocycles. The summed E-state index contributed by atoms with van der Waals surface area (Å²) in [5.74, 6) is 0.492. The Kier molecular flexibility index (Phi) is 5.62. The first kappa shape index (κ1) is 19.2. The van der Waals surface area contributed by atoms with E-state index in [1.54, 1.807) is 25.3 Å². The van der Waals surface area contributed by atoms with Gasteiger partial charge in [-0.25, -0.2) is 4.79 Å². The molecule has 1 N–H and O–H groups in total. The van der Waals surface area contributed by atoms with Crippen LogP contribution in [-0.2, 0) is 6.54 Å². The largest absolute Gasteiger partial charge is 0.497 e. The van der Waals surface area contributed by atoms with Crippen molar-refractivity contribution in [2.45, 2.75) is 25.4 Å². The minimum absolute atomic E-state index is 0.0560. The van der Waals surface area contributed by atoms with E-state index >= 15 is 0 Å². The zero-order valence-electron chi connectivity index (χ0n) is 16.4. The van der Waals surface area contributed by atoms with Crippen LogP contribution in [0, 0.1) is 0 Å². The third-order valence-electron chi connectivity index (χ3n) is 5.37. The Labute approximate surface area is 169 Å². The number of benzene rings is 2. The molecule has 29 heavy (non-hydrogen) atoms. The summed E-state index contributed by atoms with van der Waals surface area (Å²) in [6, 6.07) is 16.9. The molecule has 1 fully saturated rings. The molecule has 0 aliphatic carbocycles. The van der Waals surface area contributed by atoms with Crippen LogP contribution in [0.15, 0.2) is 63.8 Å². The number of amides is 1. The molecule has 1 saturated heterocycles. The highest BCUT2D eigenvalue weighted by atomic mass is 16.5. The lowest BCUT2D eigenvalue weighted by Gasteiger charge is -2.32. The molecule has 2 aromatic carbocycles. The predicted molar refractivity (Wildman–Crippen MR) is 111 cm³/mol. The predicted octanol–water partition coefficient (Wildman–Crippen LogP) is 3.20. The standard InChI is InChI=1S/C23H24N2O4/c1-28-19-8-6-16(7-9-19)15-25-12-10-18(11-13-25)24-22(26)20-14-17-4-2-3-5-21(17)29-23(20)27/h2-9,14,18H,10-13,15H2,1H3,(H,24,26). The van der Waals surface area contributed by atoms with Gasteiger partial charge in [-0.1, -0.05) is 30.3 Å². The van der Waals surface area contributed by atoms with Crippen molar-refractivity contribution in [3.05, 3.63) is 76.1 Å². The van der Waals surface area contributed by atoms with Gasteiger partial charge in [-0.3, -0.25) is 9.69 Å². The topological polar surface area (TPSA) is 71.8 Å². The summed E-state index contributed by atoms with van der Waals surface area (Å²) in [6.45, 7) is 2.66. The van der Waals surface area contributed by atoms with Crippen LogP contribution in [0.4, 0.5) is 0 Å². The first-order valence-electron chi connectivity index (χ1n) is 9.81. The minimum atomic E-state index is -0.599. The van der Waals surface area contributed by atoms with E-state index in [2.05, 4.69) is 22.3 Å². The van der Waals surface area contributed by atoms with Crippen LogP contribution >= 0.6 is 0 Å². The van der Waals surface area contributed by atoms with E-state index in [9.17, 15) is 9.59 Å². The van der Waals surface area contributed by atoms with Gasteiger partial charge in [-0.15, -0.1) is 0 Å². The number of ether oxygens (including phenoxy) is 1. The summed E-state index contributed by atoms with van der Waals surface area (Å²) in [4.78, 5) is 27.2. The average Bonchev–Trinajstić information content (AvgIpc) is 2.75. The van der Waals surface area contributed by atoms with Gasteiger partial charge < -0.3 is 14.5 Å². The van der Waals surface area contributed by atoms with E-state index in [0.29, 0.717) is 5.58 Å². The quantitative estimate of drug-likeness (QED) is 0.675. The lowest BCUT2D eigenvalue weighted by atomic mass is 10.0. The van der Waals surface area contributed by atoms with Gasteiger partial charge in [0.2, 0.25) is 0 Å². The van der Waals surface area contributed by atoms with Gasteiger partial charge in [0, 0.05) is 31.1 Å². The number of para-hydroxylation sites is 1. The van der Waals surface area contributed by atoms with Crippen molar-refractivity contribution >= 4 is 16.9 Å². The molecule has 0 saturated carbocycles. The fourth-order valence-corrected chi connectivity index (χ4v) is 3.71. The zero-order valence-corrected chi connectivity index (χ0v) is 16.4. The molecular weight excluding hydrogens is 368 g/mol. The number of nitrogens with one attached hydrogen (secondary N) is 1. The Morgan fingerprint density at radius 2 is 1.86 bits per heavy atom. The lowest BCUT2D eigenvalue weighted by Crippen LogP contribution is -2.45. The molecule has 6 nitrogen and oxygen atoms in total. The van der Waals surface area contributed by atoms with Crippen molar-refractivity contribution in [3.8, 4) is 5.75 Å². The van der Waals surface area contributed by atoms with Crippen LogP contribution in [0.3, 0.4) is 0 Å². The van der Waals surface area contributed by atoms with Gasteiger partial charge >= 0.3 is 5.63 Å². The Morgan fingerprint density at radius 1 is 1.14 bits per heavy atom. The number of hydrogen-bond donors (Lipinski definition) is 1. The number of methoxy groups -OCH3 is 1. The first-order valence-corrected chi connectivity index (χ1v) is 9.81. The third kappa shape index (κ3) is 4.49. The fourth-order valence-electron chi connectivity index (χ4n) is 3.71. The van der Waals surface area contributed by atoms with E-state index in [1.165, 1.54) is 5.56 Å². The first-order chi connectivity index (χ1) is 14.1. The summed E-state index contributed by atoms with van der Waals surface area (Å²) in [5.41, 5.74) is 1.19. The minimum Gasteiger partial charge on any atom is -0.497 e. The van der Waals surface area contributed by atoms with E-state index < -0.39 is 5.63 Å². The number of carbonyl (C=O) groups is 1. The molecule has 150 valence electrons. The van der Waals surface area contributed by atoms with Crippen molar-refractivity contribution in [1.29, 1.82) is 0 Å². The molecule has 6 heteroatoms. The number of fused-ring (bicyclic) bond motifs is 1. The van der Waals surface area contributed by atoms with Crippen LogP contribution in [0.5, 0.6) is 5.75 Å². The van der Waals surface area contributed by atoms with Gasteiger partial charge in [0.1, 0.15) is 16.9 Å². The molecule has 0 bridgehead atoms. The van der Waals surface area contributed by atoms with E-state index in [4.69, 9.17) is 9.15 Å². The van der Waals surface area contributed by atoms with Crippen molar-refractivity contribution in [2.24, 2.45) is 0 Å². The molecule has 0 spiro atoms. The average molecular weight is 392 g/mol. The van der Waals surface area contributed by atoms with E-state index in [1.807, 2.05) is 24.3 Å². The van der Waals surface area contributed by atoms with Gasteiger partial charge in [0.25, 0.3) is 5.91 Å². The Bertz CT molecular complexity index is 1050. The molecule has 1 amide bonds. The van der Waals surface area contributed by atoms with Crippen LogP contribution in [0.2, 0.25) is 0 Å². The molecule has 0 unspecified atom stereocenters. The number of rotatable bonds is 5. The van der Waals surface area contributed by atoms with Gasteiger partial charge in [-0.05, 0) is 42.7 Å². The van der Waals surface area contributed by atoms with Crippen molar-refractivity contribution in [3.63, 3.8) is 0 Å². The monoisotopic (exact) mass is 392 g/mol. The van der Waals surface area contributed by atoms with Crippen LogP contribution in [0.25, 0.3) is 11.0 Å². The number of piperidine rings is 1. The highest BCUT2D eigenvalue weighted by Crippen LogP contribution is 2.17. The van der Waals surface area contributed by atoms with E-state index in [0.717, 1.165) is 43.6 Å². The normalized spacial score (nSPS) is 15.3. The maximum atomic E-state index is 12.6. The third-order valence-corrected chi connectivity index (χ3v) is 5.37. The summed E-state index contributed by atoms with van der Waals surface area (Å²) < 4.78 is 10.5. The summed E-state index contributed by atoms with van der Waals surface area (Å²) >= 11 is 0. The molecule has 2 heterocycles. The van der Waals surface area contributed by atoms with Crippen molar-refractivity contribution in [2.75, 3.05) is 20.2 Å². The van der Waals surface area contributed by atoms with Crippen molar-refractivity contribution < 1.29 is 13.9 Å². The van der Waals surface area contributed by atoms with Crippen LogP contribution in [0.1, 0.15) is 28.8 Å². The van der Waals surface area contributed by atoms with E-state index in [-0.39, 0.29) is 17.5 Å². The summed E-state index contributed by atoms with van der Waals surface area (Å²) in [7, 11) is 1.66. The van der Waals surface area contributed by atoms with Gasteiger partial charge in [0.05, 0.1) is 7.11 Å². The maximum Gasteiger partial charge on any atom is 0.349 e. The zero-order chi connectivity index (χ0) is 20.2. The molecule has 4 rings (SSSR count). The van der Waals surface area contributed by atoms with Crippen molar-refractivity contribution in [1.82, 2.24) is 10.2 Å². The highest BCUT2D eigenvalue weighted by Gasteiger charge is 2.23. The molecular formula is C23H24N2O4. The second-order valence-electron chi connectivity index (χ2n) is 7.36. The molecule has 1 aliphatic heterocycles. The molecule has 0 radical (unpaired) electrons. The van der Waals surface area contributed by atoms with Crippen LogP contribution < -0.4 is 15.7 Å². The number of carbonyl (C=O) groups excluding carboxylic acids is 1. The SMILES string of the molecule is COc1ccc(CN2CCC(NC(=O)c3cc4ccccc4oc3=O)CC2)cc1. The Hall–Kier alpha value is -3.12. The molecule has 1 aliphatic rings. The smallest absolute Gasteiger partial charge is 0.349 e. The Morgan fingerprint density at radius 3 is 2.59 bits per heavy atom. The lowest BCUT2D eigenvalue weighted by molar-refractivity contribution is 0.0905. The molecule has 3 aromatic rings. The maximum absolute atomic E-state index is 12.6. The highest BCUT2D eigenvalue weighted by molar-refractivity contribution is 5.96. The number of nitrogens with zero attached hydrogens (tertiary/aromatic N) is 1.